The van der Waals surface area contributed by atoms with Gasteiger partial charge in [0.25, 0.3) is 0 Å². The lowest BCUT2D eigenvalue weighted by atomic mass is 11.1. The molecule has 0 amide bonds. The van der Waals surface area contributed by atoms with Crippen molar-refractivity contribution < 1.29 is 0 Å². The van der Waals surface area contributed by atoms with Crippen LogP contribution in [-0.2, 0) is 0 Å². The molecule has 0 radical (unpaired) electrons. The van der Waals surface area contributed by atoms with Crippen LogP contribution in [0.2, 0.25) is 0 Å². The Morgan fingerprint density at radius 1 is 1.86 bits per heavy atom. The van der Waals surface area contributed by atoms with Crippen LogP contribution in [0.3, 0.4) is 0 Å². The largest absolute Gasteiger partial charge is 0.268 e. The highest BCUT2D eigenvalue weighted by Crippen LogP contribution is 1.81. The van der Waals surface area contributed by atoms with E-state index in [2.05, 4.69) is 28.8 Å². The molecule has 0 fully saturated rings. The van der Waals surface area contributed by atoms with Crippen LogP contribution in [-0.4, -0.2) is 17.2 Å². The predicted molar refractivity (Wildman–Crippen MR) is 30.5 cm³/mol. The van der Waals surface area contributed by atoms with E-state index in [0.717, 1.165) is 0 Å². The number of hydrazine groups is 2. The SMILES string of the molecule is SCN1C=NNN1. The molecule has 0 saturated carbocycles. The molecule has 5 heteroatoms. The van der Waals surface area contributed by atoms with Crippen molar-refractivity contribution in [2.24, 2.45) is 5.10 Å². The van der Waals surface area contributed by atoms with Gasteiger partial charge in [-0.1, -0.05) is 0 Å². The maximum Gasteiger partial charge on any atom is 0.129 e. The fourth-order valence-electron chi connectivity index (χ4n) is 0.292. The van der Waals surface area contributed by atoms with Crippen molar-refractivity contribution in [1.29, 1.82) is 0 Å². The molecular weight excluding hydrogens is 112 g/mol. The lowest BCUT2D eigenvalue weighted by Gasteiger charge is -2.06. The van der Waals surface area contributed by atoms with Gasteiger partial charge in [0.1, 0.15) is 6.34 Å². The third-order valence-electron chi connectivity index (χ3n) is 0.608. The molecule has 0 atom stereocenters. The fourth-order valence-corrected chi connectivity index (χ4v) is 0.436. The van der Waals surface area contributed by atoms with Crippen molar-refractivity contribution in [1.82, 2.24) is 16.1 Å². The van der Waals surface area contributed by atoms with Gasteiger partial charge >= 0.3 is 0 Å². The summed E-state index contributed by atoms with van der Waals surface area (Å²) in [6.45, 7) is 0. The van der Waals surface area contributed by atoms with Crippen molar-refractivity contribution in [2.75, 3.05) is 5.88 Å². The predicted octanol–water partition coefficient (Wildman–Crippen LogP) is -0.858. The zero-order valence-electron chi connectivity index (χ0n) is 3.63. The zero-order valence-corrected chi connectivity index (χ0v) is 4.52. The summed E-state index contributed by atoms with van der Waals surface area (Å²) < 4.78 is 0. The summed E-state index contributed by atoms with van der Waals surface area (Å²) in [6.07, 6.45) is 1.62. The smallest absolute Gasteiger partial charge is 0.129 e. The number of hydrogen-bond donors (Lipinski definition) is 3. The van der Waals surface area contributed by atoms with Crippen LogP contribution in [0.25, 0.3) is 0 Å². The maximum absolute atomic E-state index is 3.95. The first-order chi connectivity index (χ1) is 3.43. The Labute approximate surface area is 46.9 Å². The van der Waals surface area contributed by atoms with Crippen molar-refractivity contribution in [3.8, 4) is 0 Å². The molecule has 0 aromatic carbocycles. The van der Waals surface area contributed by atoms with Crippen LogP contribution in [0.1, 0.15) is 0 Å². The Morgan fingerprint density at radius 3 is 3.00 bits per heavy atom. The van der Waals surface area contributed by atoms with Crippen molar-refractivity contribution >= 4 is 19.0 Å². The molecule has 40 valence electrons. The summed E-state index contributed by atoms with van der Waals surface area (Å²) >= 11 is 3.95. The van der Waals surface area contributed by atoms with E-state index in [0.29, 0.717) is 5.88 Å². The molecule has 1 heterocycles. The van der Waals surface area contributed by atoms with Gasteiger partial charge in [0, 0.05) is 0 Å². The summed E-state index contributed by atoms with van der Waals surface area (Å²) in [7, 11) is 0. The van der Waals surface area contributed by atoms with E-state index in [1.165, 1.54) is 0 Å². The third kappa shape index (κ3) is 0.971. The second-order valence-corrected chi connectivity index (χ2v) is 1.36. The van der Waals surface area contributed by atoms with Crippen LogP contribution in [0, 0.1) is 0 Å². The van der Waals surface area contributed by atoms with Gasteiger partial charge in [0.2, 0.25) is 0 Å². The van der Waals surface area contributed by atoms with Crippen LogP contribution in [0.5, 0.6) is 0 Å². The van der Waals surface area contributed by atoms with E-state index >= 15 is 0 Å². The Bertz CT molecular complexity index is 81.8. The second kappa shape index (κ2) is 2.04. The summed E-state index contributed by atoms with van der Waals surface area (Å²) in [5.74, 6) is 0.622. The van der Waals surface area contributed by atoms with Crippen molar-refractivity contribution in [3.05, 3.63) is 0 Å². The molecule has 7 heavy (non-hydrogen) atoms. The average molecular weight is 118 g/mol. The van der Waals surface area contributed by atoms with Crippen LogP contribution >= 0.6 is 12.6 Å². The van der Waals surface area contributed by atoms with Gasteiger partial charge in [0.05, 0.1) is 5.88 Å². The number of rotatable bonds is 1. The minimum atomic E-state index is 0.622. The van der Waals surface area contributed by atoms with Crippen molar-refractivity contribution in [2.45, 2.75) is 0 Å². The fraction of sp³-hybridized carbons (Fsp3) is 0.500. The standard InChI is InChI=1S/C2H6N4S/c7-2-6-1-3-4-5-6/h1,4-5,7H,2H2. The van der Waals surface area contributed by atoms with Gasteiger partial charge in [-0.2, -0.15) is 17.7 Å². The van der Waals surface area contributed by atoms with E-state index < -0.39 is 0 Å². The number of hydrazone groups is 1. The van der Waals surface area contributed by atoms with Crippen molar-refractivity contribution in [3.63, 3.8) is 0 Å². The normalized spacial score (nSPS) is 17.6. The summed E-state index contributed by atoms with van der Waals surface area (Å²) in [4.78, 5) is 0. The lowest BCUT2D eigenvalue weighted by Crippen LogP contribution is -2.36. The minimum Gasteiger partial charge on any atom is -0.268 e. The summed E-state index contributed by atoms with van der Waals surface area (Å²) in [6, 6.07) is 0. The first kappa shape index (κ1) is 4.73. The average Bonchev–Trinajstić information content (AvgIpc) is 2.14. The van der Waals surface area contributed by atoms with Gasteiger partial charge in [-0.3, -0.25) is 5.01 Å². The third-order valence-corrected chi connectivity index (χ3v) is 0.912. The topological polar surface area (TPSA) is 39.7 Å². The van der Waals surface area contributed by atoms with Gasteiger partial charge < -0.3 is 0 Å². The number of thiol groups is 1. The highest BCUT2D eigenvalue weighted by molar-refractivity contribution is 7.80. The van der Waals surface area contributed by atoms with Crippen LogP contribution in [0.4, 0.5) is 0 Å². The molecule has 1 aliphatic heterocycles. The molecule has 0 aliphatic carbocycles. The molecule has 1 rings (SSSR count). The van der Waals surface area contributed by atoms with E-state index in [1.54, 1.807) is 11.3 Å². The number of nitrogens with one attached hydrogen (secondary N) is 2. The Hall–Kier alpha value is -0.420. The first-order valence-corrected chi connectivity index (χ1v) is 2.48. The first-order valence-electron chi connectivity index (χ1n) is 1.85. The number of hydrogen-bond acceptors (Lipinski definition) is 5. The molecule has 0 aromatic rings. The van der Waals surface area contributed by atoms with E-state index in [1.807, 2.05) is 0 Å². The summed E-state index contributed by atoms with van der Waals surface area (Å²) in [5.41, 5.74) is 5.21. The second-order valence-electron chi connectivity index (χ2n) is 1.08. The van der Waals surface area contributed by atoms with Gasteiger partial charge in [-0.05, 0) is 0 Å². The molecular formula is C2H6N4S. The van der Waals surface area contributed by atoms with Gasteiger partial charge in [0.15, 0.2) is 0 Å². The van der Waals surface area contributed by atoms with Gasteiger partial charge in [-0.25, -0.2) is 5.53 Å². The lowest BCUT2D eigenvalue weighted by molar-refractivity contribution is 0.344. The highest BCUT2D eigenvalue weighted by Gasteiger charge is 1.96. The van der Waals surface area contributed by atoms with Gasteiger partial charge in [-0.15, -0.1) is 5.53 Å². The van der Waals surface area contributed by atoms with Crippen LogP contribution < -0.4 is 11.1 Å². The zero-order chi connectivity index (χ0) is 5.11. The molecule has 4 nitrogen and oxygen atoms in total. The molecule has 2 N–H and O–H groups in total. The maximum atomic E-state index is 3.95. The molecule has 0 aromatic heterocycles. The monoisotopic (exact) mass is 118 g/mol. The Morgan fingerprint density at radius 2 is 2.71 bits per heavy atom. The van der Waals surface area contributed by atoms with E-state index in [9.17, 15) is 0 Å². The molecule has 0 saturated heterocycles. The molecule has 1 aliphatic rings. The summed E-state index contributed by atoms with van der Waals surface area (Å²) in [5, 5.41) is 5.32. The molecule has 0 spiro atoms. The minimum absolute atomic E-state index is 0.622. The Kier molecular flexibility index (Phi) is 1.38. The highest BCUT2D eigenvalue weighted by atomic mass is 32.1. The number of nitrogens with zero attached hydrogens (tertiary/aromatic N) is 2. The molecule has 0 bridgehead atoms. The van der Waals surface area contributed by atoms with E-state index in [-0.39, 0.29) is 0 Å². The van der Waals surface area contributed by atoms with Crippen LogP contribution in [0.15, 0.2) is 5.10 Å². The molecule has 0 unspecified atom stereocenters. The Balaban J connectivity index is 2.28. The van der Waals surface area contributed by atoms with E-state index in [4.69, 9.17) is 0 Å². The quantitative estimate of drug-likeness (QED) is 0.392.